The summed E-state index contributed by atoms with van der Waals surface area (Å²) < 4.78 is 37.1. The number of nitrogens with two attached hydrogens (primary N) is 1. The van der Waals surface area contributed by atoms with Crippen LogP contribution < -0.4 is 5.73 Å². The van der Waals surface area contributed by atoms with Crippen LogP contribution in [0.5, 0.6) is 0 Å². The first-order valence-electron chi connectivity index (χ1n) is 6.04. The van der Waals surface area contributed by atoms with E-state index in [-0.39, 0.29) is 6.04 Å². The monoisotopic (exact) mass is 275 g/mol. The van der Waals surface area contributed by atoms with Gasteiger partial charge in [-0.1, -0.05) is 6.07 Å². The van der Waals surface area contributed by atoms with E-state index in [2.05, 4.69) is 4.98 Å². The first-order valence-corrected chi connectivity index (χ1v) is 6.04. The van der Waals surface area contributed by atoms with Gasteiger partial charge in [0.2, 0.25) is 0 Å². The van der Waals surface area contributed by atoms with Gasteiger partial charge in [0, 0.05) is 31.9 Å². The second-order valence-electron chi connectivity index (χ2n) is 4.80. The van der Waals surface area contributed by atoms with E-state index in [0.717, 1.165) is 12.6 Å². The molecular formula is C12H16F3N3O. The van der Waals surface area contributed by atoms with Crippen LogP contribution in [0.1, 0.15) is 17.7 Å². The number of hydrogen-bond acceptors (Lipinski definition) is 4. The van der Waals surface area contributed by atoms with E-state index in [9.17, 15) is 18.3 Å². The summed E-state index contributed by atoms with van der Waals surface area (Å²) in [6.45, 7) is 1.62. The number of aliphatic hydroxyl groups is 1. The number of nitrogens with zero attached hydrogens (tertiary/aromatic N) is 2. The molecule has 0 aromatic carbocycles. The van der Waals surface area contributed by atoms with Crippen molar-refractivity contribution in [2.75, 3.05) is 13.1 Å². The normalized spacial score (nSPS) is 25.5. The molecule has 1 aromatic rings. The quantitative estimate of drug-likeness (QED) is 0.845. The highest BCUT2D eigenvalue weighted by Crippen LogP contribution is 2.27. The van der Waals surface area contributed by atoms with Crippen LogP contribution in [0.4, 0.5) is 13.2 Å². The molecule has 1 aromatic heterocycles. The minimum absolute atomic E-state index is 0.220. The van der Waals surface area contributed by atoms with Gasteiger partial charge in [-0.05, 0) is 18.1 Å². The van der Waals surface area contributed by atoms with Crippen molar-refractivity contribution in [1.29, 1.82) is 0 Å². The topological polar surface area (TPSA) is 62.4 Å². The van der Waals surface area contributed by atoms with Gasteiger partial charge in [0.25, 0.3) is 0 Å². The van der Waals surface area contributed by atoms with Crippen molar-refractivity contribution in [1.82, 2.24) is 9.88 Å². The second-order valence-corrected chi connectivity index (χ2v) is 4.80. The highest BCUT2D eigenvalue weighted by Gasteiger charge is 2.32. The fraction of sp³-hybridized carbons (Fsp3) is 0.583. The Hall–Kier alpha value is -1.18. The average Bonchev–Trinajstić information content (AvgIpc) is 2.33. The van der Waals surface area contributed by atoms with E-state index in [4.69, 9.17) is 5.73 Å². The SMILES string of the molecule is N[C@@H]1CCN(Cc2ccc(C(F)(F)F)nc2)C[C@H]1O. The zero-order chi connectivity index (χ0) is 14.0. The summed E-state index contributed by atoms with van der Waals surface area (Å²) in [5, 5.41) is 9.65. The van der Waals surface area contributed by atoms with Gasteiger partial charge in [0.05, 0.1) is 6.10 Å². The van der Waals surface area contributed by atoms with Crippen molar-refractivity contribution in [2.24, 2.45) is 5.73 Å². The van der Waals surface area contributed by atoms with Crippen molar-refractivity contribution >= 4 is 0 Å². The summed E-state index contributed by atoms with van der Waals surface area (Å²) in [5.74, 6) is 0. The summed E-state index contributed by atoms with van der Waals surface area (Å²) in [7, 11) is 0. The molecule has 1 aliphatic heterocycles. The molecule has 0 radical (unpaired) electrons. The lowest BCUT2D eigenvalue weighted by molar-refractivity contribution is -0.141. The summed E-state index contributed by atoms with van der Waals surface area (Å²) >= 11 is 0. The Labute approximate surface area is 109 Å². The van der Waals surface area contributed by atoms with Crippen molar-refractivity contribution in [3.8, 4) is 0 Å². The molecule has 19 heavy (non-hydrogen) atoms. The highest BCUT2D eigenvalue weighted by molar-refractivity contribution is 5.16. The van der Waals surface area contributed by atoms with E-state index < -0.39 is 18.0 Å². The molecule has 2 rings (SSSR count). The van der Waals surface area contributed by atoms with Gasteiger partial charge in [0.1, 0.15) is 5.69 Å². The highest BCUT2D eigenvalue weighted by atomic mass is 19.4. The zero-order valence-electron chi connectivity index (χ0n) is 10.3. The first kappa shape index (κ1) is 14.2. The molecule has 0 amide bonds. The fourth-order valence-corrected chi connectivity index (χ4v) is 2.10. The molecule has 0 saturated carbocycles. The molecule has 7 heteroatoms. The molecule has 0 spiro atoms. The molecule has 0 unspecified atom stereocenters. The number of aliphatic hydroxyl groups excluding tert-OH is 1. The molecule has 0 bridgehead atoms. The predicted octanol–water partition coefficient (Wildman–Crippen LogP) is 0.994. The number of β-amino-alcohol motifs (C(OH)–C–C–N with tert-alkyl or cyclic N) is 1. The molecule has 1 fully saturated rings. The van der Waals surface area contributed by atoms with E-state index >= 15 is 0 Å². The maximum atomic E-state index is 12.4. The summed E-state index contributed by atoms with van der Waals surface area (Å²) in [5.41, 5.74) is 5.49. The smallest absolute Gasteiger partial charge is 0.390 e. The molecule has 106 valence electrons. The maximum Gasteiger partial charge on any atom is 0.433 e. The minimum Gasteiger partial charge on any atom is -0.390 e. The van der Waals surface area contributed by atoms with Gasteiger partial charge < -0.3 is 10.8 Å². The fourth-order valence-electron chi connectivity index (χ4n) is 2.10. The lowest BCUT2D eigenvalue weighted by atomic mass is 10.0. The van der Waals surface area contributed by atoms with E-state index in [1.807, 2.05) is 4.90 Å². The molecule has 3 N–H and O–H groups in total. The Morgan fingerprint density at radius 3 is 2.68 bits per heavy atom. The summed E-state index contributed by atoms with van der Waals surface area (Å²) in [6, 6.07) is 2.17. The third kappa shape index (κ3) is 3.65. The third-order valence-electron chi connectivity index (χ3n) is 3.24. The van der Waals surface area contributed by atoms with Crippen molar-refractivity contribution in [3.63, 3.8) is 0 Å². The van der Waals surface area contributed by atoms with E-state index in [1.165, 1.54) is 12.3 Å². The number of rotatable bonds is 2. The maximum absolute atomic E-state index is 12.4. The molecule has 4 nitrogen and oxygen atoms in total. The van der Waals surface area contributed by atoms with Gasteiger partial charge in [-0.25, -0.2) is 0 Å². The first-order chi connectivity index (χ1) is 8.86. The number of pyridine rings is 1. The molecular weight excluding hydrogens is 259 g/mol. The van der Waals surface area contributed by atoms with Gasteiger partial charge in [0.15, 0.2) is 0 Å². The Morgan fingerprint density at radius 1 is 1.42 bits per heavy atom. The molecule has 0 aliphatic carbocycles. The van der Waals surface area contributed by atoms with Crippen LogP contribution in [-0.4, -0.2) is 40.2 Å². The van der Waals surface area contributed by atoms with Gasteiger partial charge >= 0.3 is 6.18 Å². The van der Waals surface area contributed by atoms with Gasteiger partial charge in [-0.2, -0.15) is 13.2 Å². The number of hydrogen-bond donors (Lipinski definition) is 2. The van der Waals surface area contributed by atoms with Crippen molar-refractivity contribution in [3.05, 3.63) is 29.6 Å². The lowest BCUT2D eigenvalue weighted by Crippen LogP contribution is -2.50. The molecule has 1 saturated heterocycles. The average molecular weight is 275 g/mol. The lowest BCUT2D eigenvalue weighted by Gasteiger charge is -2.33. The molecule has 1 aliphatic rings. The largest absolute Gasteiger partial charge is 0.433 e. The Morgan fingerprint density at radius 2 is 2.16 bits per heavy atom. The van der Waals surface area contributed by atoms with Gasteiger partial charge in [-0.3, -0.25) is 9.88 Å². The second kappa shape index (κ2) is 5.44. The molecule has 2 atom stereocenters. The van der Waals surface area contributed by atoms with Crippen LogP contribution in [0.3, 0.4) is 0 Å². The van der Waals surface area contributed by atoms with E-state index in [0.29, 0.717) is 25.1 Å². The van der Waals surface area contributed by atoms with Crippen LogP contribution in [0.2, 0.25) is 0 Å². The van der Waals surface area contributed by atoms with Crippen LogP contribution in [-0.2, 0) is 12.7 Å². The standard InChI is InChI=1S/C12H16F3N3O/c13-12(14,15)11-2-1-8(5-17-11)6-18-4-3-9(16)10(19)7-18/h1-2,5,9-10,19H,3-4,6-7,16H2/t9-,10-/m1/s1. The Bertz CT molecular complexity index is 421. The van der Waals surface area contributed by atoms with Crippen molar-refractivity contribution < 1.29 is 18.3 Å². The van der Waals surface area contributed by atoms with Crippen LogP contribution in [0, 0.1) is 0 Å². The Kier molecular flexibility index (Phi) is 4.07. The zero-order valence-corrected chi connectivity index (χ0v) is 10.3. The number of likely N-dealkylation sites (tertiary alicyclic amines) is 1. The number of aromatic nitrogens is 1. The van der Waals surface area contributed by atoms with Crippen LogP contribution in [0.15, 0.2) is 18.3 Å². The van der Waals surface area contributed by atoms with Crippen molar-refractivity contribution in [2.45, 2.75) is 31.3 Å². The Balaban J connectivity index is 1.97. The predicted molar refractivity (Wildman–Crippen MR) is 63.1 cm³/mol. The number of alkyl halides is 3. The molecule has 2 heterocycles. The summed E-state index contributed by atoms with van der Waals surface area (Å²) in [4.78, 5) is 5.37. The summed E-state index contributed by atoms with van der Waals surface area (Å²) in [6.07, 6.45) is -3.10. The number of halogens is 3. The number of piperidine rings is 1. The van der Waals surface area contributed by atoms with Crippen LogP contribution in [0.25, 0.3) is 0 Å². The van der Waals surface area contributed by atoms with E-state index in [1.54, 1.807) is 0 Å². The third-order valence-corrected chi connectivity index (χ3v) is 3.24. The van der Waals surface area contributed by atoms with Crippen LogP contribution >= 0.6 is 0 Å². The minimum atomic E-state index is -4.41. The van der Waals surface area contributed by atoms with Gasteiger partial charge in [-0.15, -0.1) is 0 Å².